The molecule has 2 rings (SSSR count). The molecule has 21 heavy (non-hydrogen) atoms. The lowest BCUT2D eigenvalue weighted by Gasteiger charge is -2.18. The first-order chi connectivity index (χ1) is 10.2. The van der Waals surface area contributed by atoms with Crippen molar-refractivity contribution >= 4 is 6.72 Å². The number of nitrogens with zero attached hydrogens (tertiary/aromatic N) is 1. The number of nitrogens with one attached hydrogen (secondary N) is 1. The van der Waals surface area contributed by atoms with Crippen molar-refractivity contribution in [1.29, 1.82) is 0 Å². The second-order valence-electron chi connectivity index (χ2n) is 5.45. The molecule has 0 aromatic heterocycles. The Morgan fingerprint density at radius 3 is 2.76 bits per heavy atom. The van der Waals surface area contributed by atoms with Gasteiger partial charge in [0.1, 0.15) is 5.75 Å². The number of hydrogen-bond acceptors (Lipinski definition) is 5. The van der Waals surface area contributed by atoms with E-state index in [1.54, 1.807) is 0 Å². The first kappa shape index (κ1) is 15.8. The number of aliphatic hydroxyl groups excluding tert-OH is 1. The minimum absolute atomic E-state index is 0.121. The van der Waals surface area contributed by atoms with Crippen molar-refractivity contribution < 1.29 is 14.7 Å². The van der Waals surface area contributed by atoms with Crippen molar-refractivity contribution in [3.8, 4) is 11.5 Å². The number of ether oxygens (including phenoxy) is 1. The molecular weight excluding hydrogens is 268 g/mol. The average Bonchev–Trinajstić information content (AvgIpc) is 3.27. The lowest BCUT2D eigenvalue weighted by Crippen LogP contribution is -2.20. The monoisotopic (exact) mass is 292 g/mol. The van der Waals surface area contributed by atoms with Gasteiger partial charge >= 0.3 is 0 Å². The van der Waals surface area contributed by atoms with Crippen LogP contribution in [0.5, 0.6) is 11.5 Å². The van der Waals surface area contributed by atoms with Gasteiger partial charge in [-0.05, 0) is 44.4 Å². The third kappa shape index (κ3) is 4.44. The normalized spacial score (nSPS) is 15.6. The van der Waals surface area contributed by atoms with Crippen LogP contribution < -0.4 is 14.9 Å². The summed E-state index contributed by atoms with van der Waals surface area (Å²) in [6.07, 6.45) is 3.09. The van der Waals surface area contributed by atoms with Gasteiger partial charge in [-0.15, -0.1) is 0 Å². The van der Waals surface area contributed by atoms with E-state index in [0.717, 1.165) is 16.9 Å². The molecule has 0 amide bonds. The first-order valence-electron chi connectivity index (χ1n) is 7.43. The van der Waals surface area contributed by atoms with Gasteiger partial charge in [-0.25, -0.2) is 0 Å². The molecule has 5 nitrogen and oxygen atoms in total. The molecule has 0 heterocycles. The number of aliphatic hydroxyl groups is 1. The number of hydrogen-bond donors (Lipinski definition) is 2. The van der Waals surface area contributed by atoms with Gasteiger partial charge in [-0.2, -0.15) is 0 Å². The van der Waals surface area contributed by atoms with E-state index in [4.69, 9.17) is 14.7 Å². The fourth-order valence-corrected chi connectivity index (χ4v) is 2.19. The van der Waals surface area contributed by atoms with E-state index in [1.165, 1.54) is 12.8 Å². The van der Waals surface area contributed by atoms with Crippen molar-refractivity contribution in [2.45, 2.75) is 45.2 Å². The maximum absolute atomic E-state index is 8.86. The van der Waals surface area contributed by atoms with Crippen LogP contribution in [0.4, 0.5) is 0 Å². The zero-order chi connectivity index (χ0) is 15.2. The first-order valence-corrected chi connectivity index (χ1v) is 7.43. The summed E-state index contributed by atoms with van der Waals surface area (Å²) in [6.45, 7) is 8.03. The summed E-state index contributed by atoms with van der Waals surface area (Å²) >= 11 is 0. The van der Waals surface area contributed by atoms with Crippen LogP contribution in [-0.2, 0) is 0 Å². The molecule has 0 bridgehead atoms. The third-order valence-electron chi connectivity index (χ3n) is 3.62. The second-order valence-corrected chi connectivity index (χ2v) is 5.45. The molecule has 0 radical (unpaired) electrons. The summed E-state index contributed by atoms with van der Waals surface area (Å²) in [5.41, 5.74) is 1.99. The van der Waals surface area contributed by atoms with Crippen LogP contribution >= 0.6 is 0 Å². The smallest absolute Gasteiger partial charge is 0.164 e. The summed E-state index contributed by atoms with van der Waals surface area (Å²) in [7, 11) is 0. The standard InChI is InChI=1S/C16H24N2O3/c1-11-15(20-8-4-7-19)9-13(10-16(11)21-17-3)12(2)18-14-5-6-14/h9-10,12,14,18-19H,3-8H2,1-2H3. The largest absolute Gasteiger partial charge is 0.493 e. The van der Waals surface area contributed by atoms with Crippen LogP contribution in [0.2, 0.25) is 0 Å². The minimum atomic E-state index is 0.121. The fourth-order valence-electron chi connectivity index (χ4n) is 2.19. The van der Waals surface area contributed by atoms with Gasteiger partial charge in [-0.1, -0.05) is 5.16 Å². The Morgan fingerprint density at radius 2 is 2.14 bits per heavy atom. The highest BCUT2D eigenvalue weighted by molar-refractivity contribution is 5.48. The van der Waals surface area contributed by atoms with Crippen LogP contribution in [0.25, 0.3) is 0 Å². The fraction of sp³-hybridized carbons (Fsp3) is 0.562. The van der Waals surface area contributed by atoms with Crippen LogP contribution in [0.1, 0.15) is 43.4 Å². The molecule has 1 unspecified atom stereocenters. The van der Waals surface area contributed by atoms with Gasteiger partial charge < -0.3 is 20.0 Å². The topological polar surface area (TPSA) is 63.1 Å². The van der Waals surface area contributed by atoms with E-state index in [2.05, 4.69) is 24.1 Å². The van der Waals surface area contributed by atoms with E-state index in [9.17, 15) is 0 Å². The van der Waals surface area contributed by atoms with Crippen molar-refractivity contribution in [2.75, 3.05) is 13.2 Å². The van der Waals surface area contributed by atoms with Crippen LogP contribution in [0.15, 0.2) is 17.3 Å². The highest BCUT2D eigenvalue weighted by Crippen LogP contribution is 2.34. The number of rotatable bonds is 9. The molecule has 1 fully saturated rings. The zero-order valence-electron chi connectivity index (χ0n) is 12.8. The summed E-state index contributed by atoms with van der Waals surface area (Å²) in [5.74, 6) is 1.43. The number of oxime groups is 1. The summed E-state index contributed by atoms with van der Waals surface area (Å²) < 4.78 is 5.75. The third-order valence-corrected chi connectivity index (χ3v) is 3.62. The van der Waals surface area contributed by atoms with Gasteiger partial charge in [-0.3, -0.25) is 0 Å². The lowest BCUT2D eigenvalue weighted by atomic mass is 10.0. The Morgan fingerprint density at radius 1 is 1.43 bits per heavy atom. The van der Waals surface area contributed by atoms with E-state index in [0.29, 0.717) is 24.8 Å². The molecule has 0 spiro atoms. The maximum atomic E-state index is 8.86. The lowest BCUT2D eigenvalue weighted by molar-refractivity contribution is 0.231. The highest BCUT2D eigenvalue weighted by Gasteiger charge is 2.24. The van der Waals surface area contributed by atoms with Crippen molar-refractivity contribution in [3.63, 3.8) is 0 Å². The molecule has 1 atom stereocenters. The maximum Gasteiger partial charge on any atom is 0.164 e. The Balaban J connectivity index is 2.19. The molecule has 1 saturated carbocycles. The molecule has 1 aromatic rings. The predicted molar refractivity (Wildman–Crippen MR) is 83.1 cm³/mol. The molecule has 1 aliphatic rings. The van der Waals surface area contributed by atoms with E-state index < -0.39 is 0 Å². The Bertz CT molecular complexity index is 487. The Kier molecular flexibility index (Phi) is 5.59. The van der Waals surface area contributed by atoms with Gasteiger partial charge in [0, 0.05) is 37.4 Å². The molecule has 5 heteroatoms. The van der Waals surface area contributed by atoms with E-state index >= 15 is 0 Å². The Labute approximate surface area is 125 Å². The molecule has 0 aliphatic heterocycles. The summed E-state index contributed by atoms with van der Waals surface area (Å²) in [5, 5.41) is 15.9. The highest BCUT2D eigenvalue weighted by atomic mass is 16.6. The minimum Gasteiger partial charge on any atom is -0.493 e. The predicted octanol–water partition coefficient (Wildman–Crippen LogP) is 2.56. The van der Waals surface area contributed by atoms with Crippen molar-refractivity contribution in [1.82, 2.24) is 5.32 Å². The molecule has 1 aromatic carbocycles. The van der Waals surface area contributed by atoms with E-state index in [1.807, 2.05) is 19.1 Å². The summed E-state index contributed by atoms with van der Waals surface area (Å²) in [4.78, 5) is 5.25. The SMILES string of the molecule is C=NOc1cc(C(C)NC2CC2)cc(OCCCO)c1C. The molecule has 2 N–H and O–H groups in total. The molecule has 1 aliphatic carbocycles. The van der Waals surface area contributed by atoms with Crippen molar-refractivity contribution in [3.05, 3.63) is 23.3 Å². The molecule has 116 valence electrons. The number of benzene rings is 1. The van der Waals surface area contributed by atoms with Crippen LogP contribution in [-0.4, -0.2) is 31.1 Å². The zero-order valence-corrected chi connectivity index (χ0v) is 12.8. The van der Waals surface area contributed by atoms with E-state index in [-0.39, 0.29) is 12.6 Å². The second kappa shape index (κ2) is 7.43. The quantitative estimate of drug-likeness (QED) is 0.417. The average molecular weight is 292 g/mol. The van der Waals surface area contributed by atoms with Crippen molar-refractivity contribution in [2.24, 2.45) is 5.16 Å². The molecular formula is C16H24N2O3. The van der Waals surface area contributed by atoms with Crippen LogP contribution in [0.3, 0.4) is 0 Å². The Hall–Kier alpha value is -1.59. The summed E-state index contributed by atoms with van der Waals surface area (Å²) in [6, 6.07) is 4.86. The van der Waals surface area contributed by atoms with Gasteiger partial charge in [0.15, 0.2) is 5.75 Å². The van der Waals surface area contributed by atoms with Gasteiger partial charge in [0.2, 0.25) is 0 Å². The van der Waals surface area contributed by atoms with Crippen LogP contribution in [0, 0.1) is 6.92 Å². The van der Waals surface area contributed by atoms with Gasteiger partial charge in [0.25, 0.3) is 0 Å². The van der Waals surface area contributed by atoms with Gasteiger partial charge in [0.05, 0.1) is 6.61 Å². The molecule has 0 saturated heterocycles.